The zero-order valence-corrected chi connectivity index (χ0v) is 14.6. The molecule has 0 amide bonds. The molecule has 0 radical (unpaired) electrons. The standard InChI is InChI=1S/C18H21ClN2O3/c1-20-5-7-21(8-6-20)10-14-16(22)15(19)9-13-11-3-2-4-12(11)18(23)24-17(13)14/h9,22H,2-8,10H2,1H3/p+2. The quantitative estimate of drug-likeness (QED) is 0.643. The fourth-order valence-corrected chi connectivity index (χ4v) is 4.28. The number of quaternary nitrogens is 2. The van der Waals surface area contributed by atoms with Gasteiger partial charge in [0.15, 0.2) is 5.58 Å². The van der Waals surface area contributed by atoms with Crippen LogP contribution in [0.25, 0.3) is 11.0 Å². The number of hydrogen-bond acceptors (Lipinski definition) is 3. The van der Waals surface area contributed by atoms with Crippen molar-refractivity contribution in [2.24, 2.45) is 0 Å². The summed E-state index contributed by atoms with van der Waals surface area (Å²) in [5.41, 5.74) is 2.80. The van der Waals surface area contributed by atoms with Crippen LogP contribution >= 0.6 is 11.6 Å². The molecule has 24 heavy (non-hydrogen) atoms. The number of likely N-dealkylation sites (N-methyl/N-ethyl adjacent to an activating group) is 1. The van der Waals surface area contributed by atoms with Gasteiger partial charge in [-0.25, -0.2) is 4.79 Å². The highest BCUT2D eigenvalue weighted by molar-refractivity contribution is 6.33. The van der Waals surface area contributed by atoms with Gasteiger partial charge in [-0.1, -0.05) is 11.6 Å². The number of fused-ring (bicyclic) bond motifs is 3. The van der Waals surface area contributed by atoms with Crippen molar-refractivity contribution in [3.8, 4) is 5.75 Å². The van der Waals surface area contributed by atoms with E-state index in [0.29, 0.717) is 22.7 Å². The van der Waals surface area contributed by atoms with Gasteiger partial charge in [-0.3, -0.25) is 0 Å². The maximum Gasteiger partial charge on any atom is 0.339 e. The molecule has 1 aromatic carbocycles. The van der Waals surface area contributed by atoms with Gasteiger partial charge in [0.05, 0.1) is 17.6 Å². The zero-order chi connectivity index (χ0) is 16.8. The number of nitrogens with one attached hydrogen (secondary N) is 2. The van der Waals surface area contributed by atoms with Gasteiger partial charge >= 0.3 is 5.63 Å². The van der Waals surface area contributed by atoms with Gasteiger partial charge in [0.25, 0.3) is 0 Å². The van der Waals surface area contributed by atoms with Crippen LogP contribution in [0.1, 0.15) is 23.1 Å². The molecular weight excluding hydrogens is 328 g/mol. The van der Waals surface area contributed by atoms with Crippen LogP contribution in [0.15, 0.2) is 15.3 Å². The highest BCUT2D eigenvalue weighted by Gasteiger charge is 2.27. The van der Waals surface area contributed by atoms with Crippen molar-refractivity contribution in [2.45, 2.75) is 25.8 Å². The maximum atomic E-state index is 12.3. The van der Waals surface area contributed by atoms with Gasteiger partial charge in [-0.15, -0.1) is 0 Å². The Hall–Kier alpha value is -1.56. The van der Waals surface area contributed by atoms with Crippen molar-refractivity contribution in [3.05, 3.63) is 38.2 Å². The molecule has 0 unspecified atom stereocenters. The van der Waals surface area contributed by atoms with E-state index in [2.05, 4.69) is 7.05 Å². The van der Waals surface area contributed by atoms with Crippen molar-refractivity contribution >= 4 is 22.6 Å². The maximum absolute atomic E-state index is 12.3. The Morgan fingerprint density at radius 3 is 2.67 bits per heavy atom. The molecule has 2 aliphatic rings. The molecule has 6 heteroatoms. The first-order valence-electron chi connectivity index (χ1n) is 8.68. The summed E-state index contributed by atoms with van der Waals surface area (Å²) in [7, 11) is 2.20. The second kappa shape index (κ2) is 6.06. The third-order valence-electron chi connectivity index (χ3n) is 5.52. The molecule has 128 valence electrons. The molecule has 0 saturated carbocycles. The van der Waals surface area contributed by atoms with E-state index in [1.165, 1.54) is 9.80 Å². The second-order valence-electron chi connectivity index (χ2n) is 7.15. The smallest absolute Gasteiger partial charge is 0.339 e. The summed E-state index contributed by atoms with van der Waals surface area (Å²) < 4.78 is 5.64. The number of rotatable bonds is 2. The normalized spacial score (nSPS) is 23.6. The van der Waals surface area contributed by atoms with Crippen LogP contribution in [0, 0.1) is 0 Å². The summed E-state index contributed by atoms with van der Waals surface area (Å²) in [6, 6.07) is 1.76. The molecule has 3 N–H and O–H groups in total. The average Bonchev–Trinajstić information content (AvgIpc) is 3.05. The molecule has 2 aromatic rings. The molecule has 4 rings (SSSR count). The largest absolute Gasteiger partial charge is 0.506 e. The van der Waals surface area contributed by atoms with E-state index in [1.807, 2.05) is 0 Å². The Kier molecular flexibility index (Phi) is 4.03. The fourth-order valence-electron chi connectivity index (χ4n) is 4.06. The highest BCUT2D eigenvalue weighted by Crippen LogP contribution is 2.37. The van der Waals surface area contributed by atoms with Crippen LogP contribution in [0.4, 0.5) is 0 Å². The predicted octanol–water partition coefficient (Wildman–Crippen LogP) is -0.446. The van der Waals surface area contributed by atoms with Crippen molar-refractivity contribution in [3.63, 3.8) is 0 Å². The Labute approximate surface area is 145 Å². The van der Waals surface area contributed by atoms with Crippen LogP contribution in [0.3, 0.4) is 0 Å². The minimum absolute atomic E-state index is 0.0593. The highest BCUT2D eigenvalue weighted by atomic mass is 35.5. The molecule has 0 bridgehead atoms. The zero-order valence-electron chi connectivity index (χ0n) is 13.9. The molecule has 1 saturated heterocycles. The molecule has 1 aliphatic carbocycles. The minimum Gasteiger partial charge on any atom is -0.506 e. The number of aryl methyl sites for hydroxylation is 1. The van der Waals surface area contributed by atoms with Gasteiger partial charge in [-0.2, -0.15) is 0 Å². The van der Waals surface area contributed by atoms with Crippen LogP contribution in [0.5, 0.6) is 5.75 Å². The van der Waals surface area contributed by atoms with Gasteiger partial charge in [-0.05, 0) is 30.9 Å². The van der Waals surface area contributed by atoms with Gasteiger partial charge < -0.3 is 19.3 Å². The van der Waals surface area contributed by atoms with Crippen LogP contribution in [0.2, 0.25) is 5.02 Å². The Morgan fingerprint density at radius 1 is 1.21 bits per heavy atom. The molecule has 1 aliphatic heterocycles. The van der Waals surface area contributed by atoms with Gasteiger partial charge in [0.1, 0.15) is 38.5 Å². The van der Waals surface area contributed by atoms with Gasteiger partial charge in [0.2, 0.25) is 0 Å². The number of benzene rings is 1. The number of halogens is 1. The topological polar surface area (TPSA) is 59.3 Å². The van der Waals surface area contributed by atoms with E-state index in [-0.39, 0.29) is 11.4 Å². The summed E-state index contributed by atoms with van der Waals surface area (Å²) >= 11 is 6.29. The molecule has 2 heterocycles. The van der Waals surface area contributed by atoms with E-state index in [1.54, 1.807) is 6.07 Å². The average molecular weight is 351 g/mol. The number of piperazine rings is 1. The van der Waals surface area contributed by atoms with Crippen LogP contribution in [-0.2, 0) is 19.4 Å². The third-order valence-corrected chi connectivity index (χ3v) is 5.81. The predicted molar refractivity (Wildman–Crippen MR) is 92.2 cm³/mol. The van der Waals surface area contributed by atoms with E-state index in [0.717, 1.165) is 62.0 Å². The number of aromatic hydroxyl groups is 1. The summed E-state index contributed by atoms with van der Waals surface area (Å²) in [4.78, 5) is 15.2. The first-order valence-corrected chi connectivity index (χ1v) is 9.06. The molecule has 5 nitrogen and oxygen atoms in total. The van der Waals surface area contributed by atoms with Crippen LogP contribution in [-0.4, -0.2) is 38.3 Å². The number of phenolic OH excluding ortho intramolecular Hbond substituents is 1. The molecule has 1 fully saturated rings. The van der Waals surface area contributed by atoms with E-state index in [9.17, 15) is 9.90 Å². The van der Waals surface area contributed by atoms with Crippen molar-refractivity contribution < 1.29 is 19.3 Å². The minimum atomic E-state index is -0.254. The lowest BCUT2D eigenvalue weighted by atomic mass is 10.0. The summed E-state index contributed by atoms with van der Waals surface area (Å²) in [6.45, 7) is 4.92. The molecular formula is C18H23ClN2O3+2. The van der Waals surface area contributed by atoms with E-state index in [4.69, 9.17) is 16.0 Å². The van der Waals surface area contributed by atoms with Crippen molar-refractivity contribution in [1.29, 1.82) is 0 Å². The van der Waals surface area contributed by atoms with Crippen molar-refractivity contribution in [2.75, 3.05) is 33.2 Å². The lowest BCUT2D eigenvalue weighted by Crippen LogP contribution is -3.26. The summed E-state index contributed by atoms with van der Waals surface area (Å²) in [5.74, 6) is 0.0593. The van der Waals surface area contributed by atoms with E-state index >= 15 is 0 Å². The lowest BCUT2D eigenvalue weighted by Gasteiger charge is -2.27. The fraction of sp³-hybridized carbons (Fsp3) is 0.500. The summed E-state index contributed by atoms with van der Waals surface area (Å²) in [5, 5.41) is 11.8. The molecule has 0 atom stereocenters. The van der Waals surface area contributed by atoms with Crippen molar-refractivity contribution in [1.82, 2.24) is 0 Å². The lowest BCUT2D eigenvalue weighted by molar-refractivity contribution is -1.01. The number of hydrogen-bond donors (Lipinski definition) is 3. The SMILES string of the molecule is C[NH+]1CC[NH+](Cc2c(O)c(Cl)cc3c4c(c(=O)oc23)CCC4)CC1. The first kappa shape index (κ1) is 15.9. The Morgan fingerprint density at radius 2 is 1.92 bits per heavy atom. The Bertz CT molecular complexity index is 854. The van der Waals surface area contributed by atoms with Gasteiger partial charge in [0, 0.05) is 10.9 Å². The van der Waals surface area contributed by atoms with Crippen LogP contribution < -0.4 is 15.4 Å². The third kappa shape index (κ3) is 2.61. The molecule has 0 spiro atoms. The second-order valence-corrected chi connectivity index (χ2v) is 7.55. The monoisotopic (exact) mass is 350 g/mol. The first-order chi connectivity index (χ1) is 11.5. The molecule has 1 aromatic heterocycles. The van der Waals surface area contributed by atoms with E-state index < -0.39 is 0 Å². The number of phenols is 1. The Balaban J connectivity index is 1.83. The summed E-state index contributed by atoms with van der Waals surface area (Å²) in [6.07, 6.45) is 2.62.